The van der Waals surface area contributed by atoms with Crippen molar-refractivity contribution in [1.29, 1.82) is 0 Å². The van der Waals surface area contributed by atoms with E-state index in [1.807, 2.05) is 0 Å². The number of piperidine rings is 1. The molecule has 24 heavy (non-hydrogen) atoms. The number of nitrogens with zero attached hydrogens (tertiary/aromatic N) is 1. The Kier molecular flexibility index (Phi) is 5.46. The van der Waals surface area contributed by atoms with Gasteiger partial charge in [-0.1, -0.05) is 12.5 Å². The van der Waals surface area contributed by atoms with Gasteiger partial charge in [-0.25, -0.2) is 8.78 Å². The minimum atomic E-state index is -1.09. The molecule has 1 aromatic rings. The van der Waals surface area contributed by atoms with Crippen LogP contribution in [0.4, 0.5) is 8.78 Å². The summed E-state index contributed by atoms with van der Waals surface area (Å²) in [6.45, 7) is 3.81. The van der Waals surface area contributed by atoms with Crippen molar-refractivity contribution in [2.45, 2.75) is 37.6 Å². The lowest BCUT2D eigenvalue weighted by molar-refractivity contribution is -0.0349. The topological polar surface area (TPSA) is 41.6 Å². The monoisotopic (exact) mass is 338 g/mol. The molecule has 1 amide bonds. The summed E-state index contributed by atoms with van der Waals surface area (Å²) in [6.07, 6.45) is 5.26. The van der Waals surface area contributed by atoms with Gasteiger partial charge in [0.05, 0.1) is 5.56 Å². The highest BCUT2D eigenvalue weighted by molar-refractivity contribution is 5.94. The van der Waals surface area contributed by atoms with Crippen molar-refractivity contribution in [2.24, 2.45) is 0 Å². The molecule has 1 aromatic carbocycles. The zero-order chi connectivity index (χ0) is 17.0. The van der Waals surface area contributed by atoms with Crippen LogP contribution in [0.1, 0.15) is 42.5 Å². The molecule has 0 aliphatic carbocycles. The Morgan fingerprint density at radius 1 is 1.17 bits per heavy atom. The van der Waals surface area contributed by atoms with Crippen molar-refractivity contribution in [3.8, 4) is 0 Å². The first-order valence-corrected chi connectivity index (χ1v) is 8.67. The van der Waals surface area contributed by atoms with Gasteiger partial charge < -0.3 is 10.1 Å². The van der Waals surface area contributed by atoms with Gasteiger partial charge in [-0.15, -0.1) is 0 Å². The highest BCUT2D eigenvalue weighted by Crippen LogP contribution is 2.30. The third-order valence-corrected chi connectivity index (χ3v) is 5.22. The molecule has 0 spiro atoms. The van der Waals surface area contributed by atoms with E-state index in [4.69, 9.17) is 4.74 Å². The molecular formula is C18H24F2N2O2. The summed E-state index contributed by atoms with van der Waals surface area (Å²) >= 11 is 0. The van der Waals surface area contributed by atoms with E-state index in [-0.39, 0.29) is 11.1 Å². The number of amides is 1. The molecule has 6 heteroatoms. The predicted molar refractivity (Wildman–Crippen MR) is 86.9 cm³/mol. The summed E-state index contributed by atoms with van der Waals surface area (Å²) in [5.74, 6) is -2.65. The van der Waals surface area contributed by atoms with Gasteiger partial charge in [0.25, 0.3) is 5.91 Å². The second-order valence-corrected chi connectivity index (χ2v) is 6.67. The van der Waals surface area contributed by atoms with Crippen LogP contribution in [-0.2, 0) is 4.74 Å². The van der Waals surface area contributed by atoms with E-state index in [9.17, 15) is 13.6 Å². The van der Waals surface area contributed by atoms with Crippen molar-refractivity contribution in [3.05, 3.63) is 35.4 Å². The Balaban J connectivity index is 1.71. The Hall–Kier alpha value is -1.53. The van der Waals surface area contributed by atoms with E-state index in [0.29, 0.717) is 19.8 Å². The van der Waals surface area contributed by atoms with E-state index in [1.54, 1.807) is 0 Å². The predicted octanol–water partition coefficient (Wildman–Crippen LogP) is 2.73. The van der Waals surface area contributed by atoms with Crippen LogP contribution < -0.4 is 5.32 Å². The molecule has 4 nitrogen and oxygen atoms in total. The van der Waals surface area contributed by atoms with E-state index in [1.165, 1.54) is 18.6 Å². The first kappa shape index (κ1) is 17.3. The fourth-order valence-corrected chi connectivity index (χ4v) is 3.74. The first-order valence-electron chi connectivity index (χ1n) is 8.67. The van der Waals surface area contributed by atoms with Gasteiger partial charge in [0.2, 0.25) is 0 Å². The van der Waals surface area contributed by atoms with Crippen LogP contribution in [-0.4, -0.2) is 49.2 Å². The van der Waals surface area contributed by atoms with Crippen LogP contribution in [0, 0.1) is 11.6 Å². The number of hydrogen-bond acceptors (Lipinski definition) is 3. The number of benzene rings is 1. The highest BCUT2D eigenvalue weighted by Gasteiger charge is 2.39. The summed E-state index contributed by atoms with van der Waals surface area (Å²) in [5, 5.41) is 2.83. The third kappa shape index (κ3) is 3.59. The molecule has 0 aromatic heterocycles. The molecule has 2 fully saturated rings. The minimum Gasteiger partial charge on any atom is -0.381 e. The highest BCUT2D eigenvalue weighted by atomic mass is 19.2. The molecule has 0 bridgehead atoms. The number of ether oxygens (including phenoxy) is 1. The van der Waals surface area contributed by atoms with Crippen molar-refractivity contribution in [3.63, 3.8) is 0 Å². The van der Waals surface area contributed by atoms with Crippen molar-refractivity contribution in [1.82, 2.24) is 10.2 Å². The van der Waals surface area contributed by atoms with Gasteiger partial charge in [-0.3, -0.25) is 9.69 Å². The number of hydrogen-bond donors (Lipinski definition) is 1. The molecule has 2 aliphatic heterocycles. The van der Waals surface area contributed by atoms with Crippen LogP contribution in [0.25, 0.3) is 0 Å². The van der Waals surface area contributed by atoms with E-state index in [2.05, 4.69) is 10.2 Å². The van der Waals surface area contributed by atoms with Crippen LogP contribution in [0.2, 0.25) is 0 Å². The lowest BCUT2D eigenvalue weighted by atomic mass is 9.86. The molecule has 0 unspecified atom stereocenters. The molecule has 2 saturated heterocycles. The molecule has 0 saturated carbocycles. The van der Waals surface area contributed by atoms with Gasteiger partial charge >= 0.3 is 0 Å². The number of likely N-dealkylation sites (tertiary alicyclic amines) is 1. The van der Waals surface area contributed by atoms with E-state index >= 15 is 0 Å². The molecule has 0 radical (unpaired) electrons. The summed E-state index contributed by atoms with van der Waals surface area (Å²) in [7, 11) is 0. The van der Waals surface area contributed by atoms with Gasteiger partial charge in [-0.05, 0) is 50.9 Å². The summed E-state index contributed by atoms with van der Waals surface area (Å²) in [5.41, 5.74) is -0.381. The number of rotatable bonds is 4. The second kappa shape index (κ2) is 7.57. The van der Waals surface area contributed by atoms with E-state index < -0.39 is 17.5 Å². The SMILES string of the molecule is O=C(NCC1(N2CCCCC2)CCOCC1)c1cccc(F)c1F. The lowest BCUT2D eigenvalue weighted by Gasteiger charge is -2.48. The van der Waals surface area contributed by atoms with Crippen molar-refractivity contribution >= 4 is 5.91 Å². The van der Waals surface area contributed by atoms with Crippen LogP contribution >= 0.6 is 0 Å². The maximum absolute atomic E-state index is 13.8. The summed E-state index contributed by atoms with van der Waals surface area (Å²) < 4.78 is 32.6. The fraction of sp³-hybridized carbons (Fsp3) is 0.611. The quantitative estimate of drug-likeness (QED) is 0.918. The summed E-state index contributed by atoms with van der Waals surface area (Å²) in [4.78, 5) is 14.8. The third-order valence-electron chi connectivity index (χ3n) is 5.22. The molecule has 132 valence electrons. The first-order chi connectivity index (χ1) is 11.6. The van der Waals surface area contributed by atoms with Crippen molar-refractivity contribution < 1.29 is 18.3 Å². The van der Waals surface area contributed by atoms with Crippen molar-refractivity contribution in [2.75, 3.05) is 32.8 Å². The number of carbonyl (C=O) groups excluding carboxylic acids is 1. The molecular weight excluding hydrogens is 314 g/mol. The average molecular weight is 338 g/mol. The number of nitrogens with one attached hydrogen (secondary N) is 1. The normalized spacial score (nSPS) is 21.4. The molecule has 1 N–H and O–H groups in total. The van der Waals surface area contributed by atoms with E-state index in [0.717, 1.165) is 44.8 Å². The van der Waals surface area contributed by atoms with Gasteiger partial charge in [0.1, 0.15) is 0 Å². The minimum absolute atomic E-state index is 0.141. The second-order valence-electron chi connectivity index (χ2n) is 6.67. The Morgan fingerprint density at radius 2 is 1.88 bits per heavy atom. The Bertz CT molecular complexity index is 582. The smallest absolute Gasteiger partial charge is 0.254 e. The zero-order valence-corrected chi connectivity index (χ0v) is 13.8. The van der Waals surface area contributed by atoms with Gasteiger partial charge in [-0.2, -0.15) is 0 Å². The average Bonchev–Trinajstić information content (AvgIpc) is 2.63. The standard InChI is InChI=1S/C18H24F2N2O2/c19-15-6-4-5-14(16(15)20)17(23)21-13-18(7-11-24-12-8-18)22-9-2-1-3-10-22/h4-6H,1-3,7-13H2,(H,21,23). The molecule has 3 rings (SSSR count). The number of carbonyl (C=O) groups is 1. The largest absolute Gasteiger partial charge is 0.381 e. The maximum Gasteiger partial charge on any atom is 0.254 e. The molecule has 0 atom stereocenters. The van der Waals surface area contributed by atoms with Crippen LogP contribution in [0.15, 0.2) is 18.2 Å². The Morgan fingerprint density at radius 3 is 2.58 bits per heavy atom. The Labute approximate surface area is 141 Å². The lowest BCUT2D eigenvalue weighted by Crippen LogP contribution is -2.59. The van der Waals surface area contributed by atoms with Gasteiger partial charge in [0.15, 0.2) is 11.6 Å². The molecule has 2 aliphatic rings. The fourth-order valence-electron chi connectivity index (χ4n) is 3.74. The van der Waals surface area contributed by atoms with Crippen LogP contribution in [0.5, 0.6) is 0 Å². The molecule has 2 heterocycles. The summed E-state index contributed by atoms with van der Waals surface area (Å²) in [6, 6.07) is 3.67. The van der Waals surface area contributed by atoms with Crippen LogP contribution in [0.3, 0.4) is 0 Å². The van der Waals surface area contributed by atoms with Gasteiger partial charge in [0, 0.05) is 25.3 Å². The zero-order valence-electron chi connectivity index (χ0n) is 13.8. The maximum atomic E-state index is 13.8. The number of halogens is 2.